The molecule has 0 aromatic rings. The molecule has 0 aliphatic heterocycles. The van der Waals surface area contributed by atoms with Crippen molar-refractivity contribution in [1.29, 1.82) is 0 Å². The first-order valence-electron chi connectivity index (χ1n) is 3.93. The minimum Gasteiger partial charge on any atom is -0.500 e. The molecule has 0 aliphatic rings. The molecular formula is C9H16O2Si. The number of carbonyl (C=O) groups excluding carboxylic acids is 1. The zero-order chi connectivity index (χ0) is 9.83. The first-order valence-corrected chi connectivity index (χ1v) is 6.84. The Morgan fingerprint density at radius 2 is 1.83 bits per heavy atom. The maximum atomic E-state index is 9.90. The highest BCUT2D eigenvalue weighted by molar-refractivity contribution is 6.74. The first-order chi connectivity index (χ1) is 5.31. The van der Waals surface area contributed by atoms with Gasteiger partial charge in [0.2, 0.25) is 0 Å². The lowest BCUT2D eigenvalue weighted by Gasteiger charge is -2.33. The second kappa shape index (κ2) is 3.77. The van der Waals surface area contributed by atoms with Gasteiger partial charge in [-0.1, -0.05) is 20.8 Å². The number of hydrogen-bond donors (Lipinski definition) is 0. The van der Waals surface area contributed by atoms with Gasteiger partial charge >= 0.3 is 0 Å². The highest BCUT2D eigenvalue weighted by atomic mass is 28.4. The van der Waals surface area contributed by atoms with Gasteiger partial charge in [0, 0.05) is 5.92 Å². The van der Waals surface area contributed by atoms with Crippen molar-refractivity contribution in [2.24, 2.45) is 0 Å². The summed E-state index contributed by atoms with van der Waals surface area (Å²) in [6.07, 6.45) is 2.97. The molecule has 0 atom stereocenters. The lowest BCUT2D eigenvalue weighted by molar-refractivity contribution is -0.103. The molecule has 12 heavy (non-hydrogen) atoms. The van der Waals surface area contributed by atoms with E-state index in [1.165, 1.54) is 0 Å². The Balaban J connectivity index is 4.33. The van der Waals surface area contributed by atoms with Crippen molar-refractivity contribution in [3.63, 3.8) is 0 Å². The Morgan fingerprint density at radius 3 is 2.17 bits per heavy atom. The maximum Gasteiger partial charge on any atom is 0.264 e. The maximum absolute atomic E-state index is 9.90. The van der Waals surface area contributed by atoms with Gasteiger partial charge in [-0.25, -0.2) is 0 Å². The zero-order valence-corrected chi connectivity index (χ0v) is 9.39. The SMILES string of the molecule is CC(C)(C)[Si](C)(C)OC#CC=O. The van der Waals surface area contributed by atoms with E-state index in [1.54, 1.807) is 0 Å². The fourth-order valence-electron chi connectivity index (χ4n) is 0.334. The van der Waals surface area contributed by atoms with Crippen LogP contribution in [0.1, 0.15) is 20.8 Å². The normalized spacial score (nSPS) is 11.4. The van der Waals surface area contributed by atoms with Crippen LogP contribution in [0, 0.1) is 12.0 Å². The third-order valence-electron chi connectivity index (χ3n) is 2.23. The second-order valence-corrected chi connectivity index (χ2v) is 8.95. The summed E-state index contributed by atoms with van der Waals surface area (Å²) in [5, 5.41) is 0.143. The Labute approximate surface area is 75.4 Å². The summed E-state index contributed by atoms with van der Waals surface area (Å²) in [6, 6.07) is 0. The lowest BCUT2D eigenvalue weighted by Crippen LogP contribution is -2.39. The number of hydrogen-bond acceptors (Lipinski definition) is 2. The van der Waals surface area contributed by atoms with E-state index in [9.17, 15) is 4.79 Å². The van der Waals surface area contributed by atoms with Gasteiger partial charge < -0.3 is 4.43 Å². The minimum absolute atomic E-state index is 0.143. The smallest absolute Gasteiger partial charge is 0.264 e. The van der Waals surface area contributed by atoms with Crippen LogP contribution >= 0.6 is 0 Å². The molecule has 0 fully saturated rings. The number of carbonyl (C=O) groups is 1. The van der Waals surface area contributed by atoms with Gasteiger partial charge in [-0.15, -0.1) is 0 Å². The molecule has 0 amide bonds. The molecule has 0 bridgehead atoms. The molecule has 0 aromatic heterocycles. The quantitative estimate of drug-likeness (QED) is 0.355. The molecule has 0 aromatic carbocycles. The molecule has 0 heterocycles. The summed E-state index contributed by atoms with van der Waals surface area (Å²) >= 11 is 0. The van der Waals surface area contributed by atoms with E-state index in [1.807, 2.05) is 0 Å². The van der Waals surface area contributed by atoms with Gasteiger partial charge in [0.15, 0.2) is 6.29 Å². The Bertz CT molecular complexity index is 215. The largest absolute Gasteiger partial charge is 0.500 e. The number of aldehydes is 1. The van der Waals surface area contributed by atoms with E-state index < -0.39 is 8.32 Å². The minimum atomic E-state index is -1.77. The van der Waals surface area contributed by atoms with Gasteiger partial charge in [-0.05, 0) is 18.1 Å². The van der Waals surface area contributed by atoms with Crippen molar-refractivity contribution >= 4 is 14.6 Å². The molecule has 0 saturated carbocycles. The fraction of sp³-hybridized carbons (Fsp3) is 0.667. The molecule has 0 radical (unpaired) electrons. The van der Waals surface area contributed by atoms with Gasteiger partial charge in [0.25, 0.3) is 8.32 Å². The highest BCUT2D eigenvalue weighted by Crippen LogP contribution is 2.36. The summed E-state index contributed by atoms with van der Waals surface area (Å²) in [6.45, 7) is 10.6. The zero-order valence-electron chi connectivity index (χ0n) is 8.39. The van der Waals surface area contributed by atoms with Crippen LogP contribution in [0.2, 0.25) is 18.1 Å². The summed E-state index contributed by atoms with van der Waals surface area (Å²) in [5.74, 6) is 2.26. The van der Waals surface area contributed by atoms with Crippen LogP contribution in [0.5, 0.6) is 0 Å². The Kier molecular flexibility index (Phi) is 3.53. The molecule has 68 valence electrons. The standard InChI is InChI=1S/C9H16O2Si/c1-9(2,3)12(4,5)11-8-6-7-10/h7H,1-5H3. The second-order valence-electron chi connectivity index (χ2n) is 4.23. The summed E-state index contributed by atoms with van der Waals surface area (Å²) < 4.78 is 5.38. The van der Waals surface area contributed by atoms with Crippen LogP contribution in [-0.4, -0.2) is 14.6 Å². The Morgan fingerprint density at radius 1 is 1.33 bits per heavy atom. The van der Waals surface area contributed by atoms with Crippen molar-refractivity contribution in [3.05, 3.63) is 0 Å². The van der Waals surface area contributed by atoms with Crippen LogP contribution < -0.4 is 0 Å². The van der Waals surface area contributed by atoms with E-state index in [0.717, 1.165) is 0 Å². The van der Waals surface area contributed by atoms with Crippen molar-refractivity contribution in [2.75, 3.05) is 0 Å². The molecule has 2 nitrogen and oxygen atoms in total. The molecule has 0 saturated heterocycles. The molecule has 0 N–H and O–H groups in total. The first kappa shape index (κ1) is 11.2. The Hall–Kier alpha value is -0.753. The number of rotatable bonds is 1. The molecule has 0 aliphatic carbocycles. The molecule has 0 spiro atoms. The van der Waals surface area contributed by atoms with Crippen LogP contribution in [0.3, 0.4) is 0 Å². The van der Waals surface area contributed by atoms with Crippen LogP contribution in [0.25, 0.3) is 0 Å². The molecular weight excluding hydrogens is 168 g/mol. The van der Waals surface area contributed by atoms with E-state index >= 15 is 0 Å². The van der Waals surface area contributed by atoms with Crippen molar-refractivity contribution in [2.45, 2.75) is 38.9 Å². The van der Waals surface area contributed by atoms with Gasteiger partial charge in [0.1, 0.15) is 6.11 Å². The third-order valence-corrected chi connectivity index (χ3v) is 6.45. The predicted molar refractivity (Wildman–Crippen MR) is 52.1 cm³/mol. The highest BCUT2D eigenvalue weighted by Gasteiger charge is 2.38. The third kappa shape index (κ3) is 3.10. The van der Waals surface area contributed by atoms with Gasteiger partial charge in [-0.3, -0.25) is 4.79 Å². The van der Waals surface area contributed by atoms with Crippen molar-refractivity contribution in [1.82, 2.24) is 0 Å². The van der Waals surface area contributed by atoms with Crippen LogP contribution in [0.15, 0.2) is 0 Å². The topological polar surface area (TPSA) is 26.3 Å². The average Bonchev–Trinajstić information content (AvgIpc) is 1.85. The van der Waals surface area contributed by atoms with E-state index in [4.69, 9.17) is 4.43 Å². The summed E-state index contributed by atoms with van der Waals surface area (Å²) in [7, 11) is -1.77. The average molecular weight is 184 g/mol. The van der Waals surface area contributed by atoms with Gasteiger partial charge in [-0.2, -0.15) is 0 Å². The molecule has 0 rings (SSSR count). The van der Waals surface area contributed by atoms with Crippen LogP contribution in [0.4, 0.5) is 0 Å². The van der Waals surface area contributed by atoms with E-state index in [0.29, 0.717) is 6.29 Å². The molecule has 3 heteroatoms. The van der Waals surface area contributed by atoms with Crippen molar-refractivity contribution in [3.8, 4) is 12.0 Å². The summed E-state index contributed by atoms with van der Waals surface area (Å²) in [4.78, 5) is 9.90. The summed E-state index contributed by atoms with van der Waals surface area (Å²) in [5.41, 5.74) is 0. The predicted octanol–water partition coefficient (Wildman–Crippen LogP) is 2.17. The van der Waals surface area contributed by atoms with Crippen molar-refractivity contribution < 1.29 is 9.22 Å². The van der Waals surface area contributed by atoms with Crippen LogP contribution in [-0.2, 0) is 9.22 Å². The van der Waals surface area contributed by atoms with E-state index in [-0.39, 0.29) is 5.04 Å². The van der Waals surface area contributed by atoms with E-state index in [2.05, 4.69) is 45.9 Å². The molecule has 0 unspecified atom stereocenters. The lowest BCUT2D eigenvalue weighted by atomic mass is 10.2. The fourth-order valence-corrected chi connectivity index (χ4v) is 0.954. The monoisotopic (exact) mass is 184 g/mol. The van der Waals surface area contributed by atoms with Gasteiger partial charge in [0.05, 0.1) is 0 Å².